The lowest BCUT2D eigenvalue weighted by molar-refractivity contribution is 0.0885. The molecule has 1 aliphatic carbocycles. The van der Waals surface area contributed by atoms with Gasteiger partial charge in [-0.2, -0.15) is 0 Å². The minimum absolute atomic E-state index is 0.258. The topological polar surface area (TPSA) is 77.5 Å². The van der Waals surface area contributed by atoms with Gasteiger partial charge in [-0.1, -0.05) is 12.8 Å². The van der Waals surface area contributed by atoms with E-state index in [4.69, 9.17) is 15.0 Å². The van der Waals surface area contributed by atoms with Crippen molar-refractivity contribution in [3.8, 4) is 0 Å². The van der Waals surface area contributed by atoms with Gasteiger partial charge in [0.2, 0.25) is 0 Å². The molecule has 2 rings (SSSR count). The average Bonchev–Trinajstić information content (AvgIpc) is 3.07. The number of carbonyl (C=O) groups excluding carboxylic acids is 1. The predicted octanol–water partition coefficient (Wildman–Crippen LogP) is 1.51. The number of hydrazine groups is 1. The normalized spacial score (nSPS) is 14.9. The van der Waals surface area contributed by atoms with Crippen LogP contribution in [0.4, 0.5) is 0 Å². The molecule has 1 saturated carbocycles. The molecule has 1 amide bonds. The molecule has 1 aliphatic rings. The Morgan fingerprint density at radius 3 is 3.06 bits per heavy atom. The lowest BCUT2D eigenvalue weighted by atomic mass is 10.2. The highest BCUT2D eigenvalue weighted by Gasteiger charge is 2.20. The molecule has 0 radical (unpaired) electrons. The van der Waals surface area contributed by atoms with E-state index in [-0.39, 0.29) is 5.76 Å². The molecule has 1 heterocycles. The van der Waals surface area contributed by atoms with Gasteiger partial charge in [0, 0.05) is 12.2 Å². The molecule has 94 valence electrons. The van der Waals surface area contributed by atoms with Crippen molar-refractivity contribution in [2.45, 2.75) is 32.8 Å². The first-order valence-electron chi connectivity index (χ1n) is 5.88. The van der Waals surface area contributed by atoms with Gasteiger partial charge in [0.1, 0.15) is 12.4 Å². The van der Waals surface area contributed by atoms with Crippen molar-refractivity contribution >= 4 is 5.91 Å². The van der Waals surface area contributed by atoms with Crippen molar-refractivity contribution in [3.63, 3.8) is 0 Å². The highest BCUT2D eigenvalue weighted by Crippen LogP contribution is 2.32. The van der Waals surface area contributed by atoms with Crippen molar-refractivity contribution in [1.82, 2.24) is 5.43 Å². The fraction of sp³-hybridized carbons (Fsp3) is 0.583. The van der Waals surface area contributed by atoms with E-state index in [9.17, 15) is 4.79 Å². The summed E-state index contributed by atoms with van der Waals surface area (Å²) >= 11 is 0. The second-order valence-corrected chi connectivity index (χ2v) is 4.48. The van der Waals surface area contributed by atoms with E-state index in [1.165, 1.54) is 12.8 Å². The fourth-order valence-corrected chi connectivity index (χ4v) is 1.74. The van der Waals surface area contributed by atoms with Crippen LogP contribution < -0.4 is 11.3 Å². The third kappa shape index (κ3) is 3.31. The van der Waals surface area contributed by atoms with Gasteiger partial charge in [-0.15, -0.1) is 0 Å². The number of aryl methyl sites for hydroxylation is 1. The first kappa shape index (κ1) is 12.1. The number of nitrogen functional groups attached to an aromatic ring is 1. The summed E-state index contributed by atoms with van der Waals surface area (Å²) in [6, 6.07) is 1.81. The number of ether oxygens (including phenoxy) is 1. The zero-order valence-electron chi connectivity index (χ0n) is 9.99. The number of rotatable bonds is 6. The largest absolute Gasteiger partial charge is 0.453 e. The van der Waals surface area contributed by atoms with Gasteiger partial charge < -0.3 is 9.15 Å². The second kappa shape index (κ2) is 5.33. The number of hydrogen-bond acceptors (Lipinski definition) is 4. The number of carbonyl (C=O) groups is 1. The van der Waals surface area contributed by atoms with Crippen molar-refractivity contribution < 1.29 is 13.9 Å². The Hall–Kier alpha value is -1.33. The van der Waals surface area contributed by atoms with Crippen LogP contribution in [0.2, 0.25) is 0 Å². The van der Waals surface area contributed by atoms with E-state index < -0.39 is 5.91 Å². The minimum atomic E-state index is -0.410. The van der Waals surface area contributed by atoms with Crippen LogP contribution in [-0.4, -0.2) is 12.5 Å². The Kier molecular flexibility index (Phi) is 3.81. The Labute approximate surface area is 100 Å². The van der Waals surface area contributed by atoms with Crippen molar-refractivity contribution in [1.29, 1.82) is 0 Å². The Morgan fingerprint density at radius 2 is 2.41 bits per heavy atom. The van der Waals surface area contributed by atoms with Gasteiger partial charge in [0.05, 0.1) is 0 Å². The maximum atomic E-state index is 11.3. The number of amides is 1. The third-order valence-corrected chi connectivity index (χ3v) is 2.92. The summed E-state index contributed by atoms with van der Waals surface area (Å²) in [5.41, 5.74) is 2.82. The number of nitrogens with two attached hydrogens (primary N) is 1. The van der Waals surface area contributed by atoms with E-state index in [0.29, 0.717) is 12.4 Å². The zero-order chi connectivity index (χ0) is 12.3. The van der Waals surface area contributed by atoms with E-state index in [1.54, 1.807) is 0 Å². The lowest BCUT2D eigenvalue weighted by Gasteiger charge is -2.00. The Bertz CT molecular complexity index is 396. The van der Waals surface area contributed by atoms with E-state index in [1.807, 2.05) is 13.0 Å². The summed E-state index contributed by atoms with van der Waals surface area (Å²) in [7, 11) is 0. The molecule has 0 saturated heterocycles. The molecule has 1 aromatic heterocycles. The van der Waals surface area contributed by atoms with Crippen LogP contribution >= 0.6 is 0 Å². The lowest BCUT2D eigenvalue weighted by Crippen LogP contribution is -2.30. The van der Waals surface area contributed by atoms with Crippen molar-refractivity contribution in [2.24, 2.45) is 11.8 Å². The predicted molar refractivity (Wildman–Crippen MR) is 62.1 cm³/mol. The maximum Gasteiger partial charge on any atom is 0.301 e. The summed E-state index contributed by atoms with van der Waals surface area (Å²) in [5, 5.41) is 0. The van der Waals surface area contributed by atoms with Crippen LogP contribution in [-0.2, 0) is 11.3 Å². The van der Waals surface area contributed by atoms with Crippen LogP contribution in [0, 0.1) is 12.8 Å². The van der Waals surface area contributed by atoms with Gasteiger partial charge in [-0.25, -0.2) is 5.84 Å². The molecule has 5 nitrogen and oxygen atoms in total. The maximum absolute atomic E-state index is 11.3. The summed E-state index contributed by atoms with van der Waals surface area (Å²) in [6.07, 6.45) is 3.80. The molecule has 5 heteroatoms. The quantitative estimate of drug-likeness (QED) is 0.341. The van der Waals surface area contributed by atoms with Gasteiger partial charge in [0.25, 0.3) is 0 Å². The highest BCUT2D eigenvalue weighted by molar-refractivity contribution is 5.92. The third-order valence-electron chi connectivity index (χ3n) is 2.92. The van der Waals surface area contributed by atoms with Gasteiger partial charge in [-0.3, -0.25) is 10.2 Å². The zero-order valence-corrected chi connectivity index (χ0v) is 9.99. The highest BCUT2D eigenvalue weighted by atomic mass is 16.5. The number of nitrogens with one attached hydrogen (secondary N) is 1. The van der Waals surface area contributed by atoms with Gasteiger partial charge in [0.15, 0.2) is 5.76 Å². The van der Waals surface area contributed by atoms with E-state index >= 15 is 0 Å². The SMILES string of the molecule is Cc1cc(COCCC2CC2)oc1C(=O)NN. The summed E-state index contributed by atoms with van der Waals surface area (Å²) in [6.45, 7) is 2.97. The summed E-state index contributed by atoms with van der Waals surface area (Å²) in [4.78, 5) is 11.3. The molecule has 1 aromatic rings. The van der Waals surface area contributed by atoms with Crippen LogP contribution in [0.1, 0.15) is 41.1 Å². The molecule has 3 N–H and O–H groups in total. The molecular formula is C12H18N2O3. The van der Waals surface area contributed by atoms with Gasteiger partial charge >= 0.3 is 5.91 Å². The Morgan fingerprint density at radius 1 is 1.65 bits per heavy atom. The van der Waals surface area contributed by atoms with Crippen molar-refractivity contribution in [3.05, 3.63) is 23.2 Å². The summed E-state index contributed by atoms with van der Waals surface area (Å²) in [5.74, 6) is 6.43. The van der Waals surface area contributed by atoms with Crippen LogP contribution in [0.5, 0.6) is 0 Å². The van der Waals surface area contributed by atoms with Crippen LogP contribution in [0.3, 0.4) is 0 Å². The number of furan rings is 1. The first-order chi connectivity index (χ1) is 8.20. The minimum Gasteiger partial charge on any atom is -0.453 e. The molecule has 0 bridgehead atoms. The first-order valence-corrected chi connectivity index (χ1v) is 5.88. The average molecular weight is 238 g/mol. The molecule has 17 heavy (non-hydrogen) atoms. The number of hydrogen-bond donors (Lipinski definition) is 2. The molecule has 0 spiro atoms. The monoisotopic (exact) mass is 238 g/mol. The Balaban J connectivity index is 1.81. The van der Waals surface area contributed by atoms with Gasteiger partial charge in [-0.05, 0) is 25.3 Å². The van der Waals surface area contributed by atoms with Crippen LogP contribution in [0.25, 0.3) is 0 Å². The standard InChI is InChI=1S/C12H18N2O3/c1-8-6-10(17-11(8)12(15)14-13)7-16-5-4-9-2-3-9/h6,9H,2-5,7,13H2,1H3,(H,14,15). The molecule has 0 aromatic carbocycles. The molecule has 1 fully saturated rings. The van der Waals surface area contributed by atoms with E-state index in [2.05, 4.69) is 5.43 Å². The fourth-order valence-electron chi connectivity index (χ4n) is 1.74. The van der Waals surface area contributed by atoms with Crippen LogP contribution in [0.15, 0.2) is 10.5 Å². The molecular weight excluding hydrogens is 220 g/mol. The second-order valence-electron chi connectivity index (χ2n) is 4.48. The molecule has 0 atom stereocenters. The summed E-state index contributed by atoms with van der Waals surface area (Å²) < 4.78 is 10.9. The molecule has 0 unspecified atom stereocenters. The van der Waals surface area contributed by atoms with Crippen molar-refractivity contribution in [2.75, 3.05) is 6.61 Å². The molecule has 0 aliphatic heterocycles. The smallest absolute Gasteiger partial charge is 0.301 e. The van der Waals surface area contributed by atoms with E-state index in [0.717, 1.165) is 24.5 Å².